The van der Waals surface area contributed by atoms with Gasteiger partial charge in [-0.2, -0.15) is 12.6 Å². The largest absolute Gasteiger partial charge is 0.176 e. The highest BCUT2D eigenvalue weighted by Gasteiger charge is 2.05. The Morgan fingerprint density at radius 1 is 0.750 bits per heavy atom. The van der Waals surface area contributed by atoms with E-state index in [2.05, 4.69) is 40.3 Å². The van der Waals surface area contributed by atoms with Crippen LogP contribution in [0.2, 0.25) is 0 Å². The minimum absolute atomic E-state index is 0.634. The Bertz CT molecular complexity index is 85.2. The fraction of sp³-hybridized carbons (Fsp3) is 1.00. The molecule has 1 heteroatoms. The van der Waals surface area contributed by atoms with Gasteiger partial charge in [0.1, 0.15) is 0 Å². The summed E-state index contributed by atoms with van der Waals surface area (Å²) in [6.45, 7) is 9.12. The molecule has 0 aromatic carbocycles. The second kappa shape index (κ2) is 6.82. The Hall–Kier alpha value is 0.350. The highest BCUT2D eigenvalue weighted by molar-refractivity contribution is 7.80. The van der Waals surface area contributed by atoms with Crippen LogP contribution < -0.4 is 0 Å². The fourth-order valence-corrected chi connectivity index (χ4v) is 1.49. The van der Waals surface area contributed by atoms with Gasteiger partial charge in [0.25, 0.3) is 0 Å². The lowest BCUT2D eigenvalue weighted by Crippen LogP contribution is -2.03. The van der Waals surface area contributed by atoms with Crippen molar-refractivity contribution in [3.05, 3.63) is 0 Å². The Morgan fingerprint density at radius 2 is 1.08 bits per heavy atom. The van der Waals surface area contributed by atoms with Crippen LogP contribution >= 0.6 is 12.6 Å². The summed E-state index contributed by atoms with van der Waals surface area (Å²) in [5.74, 6) is 1.66. The molecule has 0 amide bonds. The van der Waals surface area contributed by atoms with Crippen molar-refractivity contribution < 1.29 is 0 Å². The third-order valence-electron chi connectivity index (χ3n) is 2.15. The average molecular weight is 188 g/mol. The van der Waals surface area contributed by atoms with Gasteiger partial charge < -0.3 is 0 Å². The van der Waals surface area contributed by atoms with Crippen molar-refractivity contribution in [2.45, 2.75) is 58.6 Å². The summed E-state index contributed by atoms with van der Waals surface area (Å²) in [5.41, 5.74) is 0. The third-order valence-corrected chi connectivity index (χ3v) is 2.67. The summed E-state index contributed by atoms with van der Waals surface area (Å²) in [5, 5.41) is 0.634. The van der Waals surface area contributed by atoms with Gasteiger partial charge in [0, 0.05) is 5.25 Å². The standard InChI is InChI=1S/C11H24S/c1-9(2)5-7-11(12)8-6-10(3)4/h9-12H,5-8H2,1-4H3. The van der Waals surface area contributed by atoms with Gasteiger partial charge in [-0.25, -0.2) is 0 Å². The van der Waals surface area contributed by atoms with Gasteiger partial charge in [-0.1, -0.05) is 27.7 Å². The molecule has 0 saturated heterocycles. The number of thiol groups is 1. The Kier molecular flexibility index (Phi) is 7.02. The lowest BCUT2D eigenvalue weighted by molar-refractivity contribution is 0.495. The van der Waals surface area contributed by atoms with E-state index in [0.717, 1.165) is 11.8 Å². The van der Waals surface area contributed by atoms with E-state index in [1.54, 1.807) is 0 Å². The zero-order valence-electron chi connectivity index (χ0n) is 9.01. The molecule has 0 heterocycles. The molecule has 0 bridgehead atoms. The molecule has 0 aliphatic heterocycles. The molecular formula is C11H24S. The first-order valence-corrected chi connectivity index (χ1v) is 5.72. The number of hydrogen-bond donors (Lipinski definition) is 1. The zero-order chi connectivity index (χ0) is 9.56. The maximum absolute atomic E-state index is 4.58. The topological polar surface area (TPSA) is 0 Å². The molecule has 0 nitrogen and oxygen atoms in total. The van der Waals surface area contributed by atoms with Crippen molar-refractivity contribution in [2.75, 3.05) is 0 Å². The quantitative estimate of drug-likeness (QED) is 0.595. The molecule has 0 spiro atoms. The van der Waals surface area contributed by atoms with E-state index in [0.29, 0.717) is 5.25 Å². The average Bonchev–Trinajstić information content (AvgIpc) is 1.96. The van der Waals surface area contributed by atoms with Crippen molar-refractivity contribution in [3.63, 3.8) is 0 Å². The van der Waals surface area contributed by atoms with Crippen LogP contribution in [-0.2, 0) is 0 Å². The van der Waals surface area contributed by atoms with Crippen LogP contribution in [0.15, 0.2) is 0 Å². The zero-order valence-corrected chi connectivity index (χ0v) is 9.90. The van der Waals surface area contributed by atoms with Crippen LogP contribution in [0.1, 0.15) is 53.4 Å². The maximum atomic E-state index is 4.58. The Labute approximate surface area is 83.5 Å². The molecule has 0 saturated carbocycles. The van der Waals surface area contributed by atoms with Crippen LogP contribution in [0.5, 0.6) is 0 Å². The van der Waals surface area contributed by atoms with Crippen molar-refractivity contribution >= 4 is 12.6 Å². The Balaban J connectivity index is 3.27. The first-order valence-electron chi connectivity index (χ1n) is 5.20. The van der Waals surface area contributed by atoms with E-state index in [1.807, 2.05) is 0 Å². The summed E-state index contributed by atoms with van der Waals surface area (Å²) in [7, 11) is 0. The highest BCUT2D eigenvalue weighted by atomic mass is 32.1. The lowest BCUT2D eigenvalue weighted by atomic mass is 10.0. The first kappa shape index (κ1) is 12.3. The number of hydrogen-bond acceptors (Lipinski definition) is 1. The van der Waals surface area contributed by atoms with Gasteiger partial charge in [-0.3, -0.25) is 0 Å². The molecule has 12 heavy (non-hydrogen) atoms. The van der Waals surface area contributed by atoms with Crippen LogP contribution in [0.4, 0.5) is 0 Å². The molecule has 0 fully saturated rings. The molecule has 0 rings (SSSR count). The minimum Gasteiger partial charge on any atom is -0.176 e. The van der Waals surface area contributed by atoms with E-state index >= 15 is 0 Å². The molecule has 0 atom stereocenters. The molecule has 0 aliphatic rings. The summed E-state index contributed by atoms with van der Waals surface area (Å²) < 4.78 is 0. The summed E-state index contributed by atoms with van der Waals surface area (Å²) in [6, 6.07) is 0. The second-order valence-corrected chi connectivity index (χ2v) is 5.33. The van der Waals surface area contributed by atoms with Gasteiger partial charge in [-0.05, 0) is 37.5 Å². The normalized spacial score (nSPS) is 12.0. The van der Waals surface area contributed by atoms with E-state index in [9.17, 15) is 0 Å². The lowest BCUT2D eigenvalue weighted by Gasteiger charge is -2.13. The third kappa shape index (κ3) is 8.45. The first-order chi connectivity index (χ1) is 5.52. The molecular weight excluding hydrogens is 164 g/mol. The van der Waals surface area contributed by atoms with Gasteiger partial charge in [0.05, 0.1) is 0 Å². The molecule has 74 valence electrons. The van der Waals surface area contributed by atoms with Gasteiger partial charge in [0.15, 0.2) is 0 Å². The monoisotopic (exact) mass is 188 g/mol. The number of rotatable bonds is 6. The maximum Gasteiger partial charge on any atom is 0.00170 e. The highest BCUT2D eigenvalue weighted by Crippen LogP contribution is 2.17. The molecule has 0 aromatic rings. The molecule has 0 aliphatic carbocycles. The SMILES string of the molecule is CC(C)CCC(S)CCC(C)C. The van der Waals surface area contributed by atoms with E-state index in [4.69, 9.17) is 0 Å². The molecule has 0 aromatic heterocycles. The van der Waals surface area contributed by atoms with Crippen molar-refractivity contribution in [1.29, 1.82) is 0 Å². The van der Waals surface area contributed by atoms with Crippen LogP contribution in [0, 0.1) is 11.8 Å². The Morgan fingerprint density at radius 3 is 1.33 bits per heavy atom. The summed E-state index contributed by atoms with van der Waals surface area (Å²) in [4.78, 5) is 0. The van der Waals surface area contributed by atoms with Gasteiger partial charge in [-0.15, -0.1) is 0 Å². The van der Waals surface area contributed by atoms with Crippen molar-refractivity contribution in [1.82, 2.24) is 0 Å². The fourth-order valence-electron chi connectivity index (χ4n) is 1.20. The van der Waals surface area contributed by atoms with Crippen LogP contribution in [0.25, 0.3) is 0 Å². The van der Waals surface area contributed by atoms with E-state index < -0.39 is 0 Å². The van der Waals surface area contributed by atoms with Gasteiger partial charge in [0.2, 0.25) is 0 Å². The van der Waals surface area contributed by atoms with Crippen LogP contribution in [-0.4, -0.2) is 5.25 Å². The molecule has 0 N–H and O–H groups in total. The van der Waals surface area contributed by atoms with E-state index in [-0.39, 0.29) is 0 Å². The predicted molar refractivity (Wildman–Crippen MR) is 60.9 cm³/mol. The summed E-state index contributed by atoms with van der Waals surface area (Å²) >= 11 is 4.58. The van der Waals surface area contributed by atoms with Gasteiger partial charge >= 0.3 is 0 Å². The molecule has 0 radical (unpaired) electrons. The summed E-state index contributed by atoms with van der Waals surface area (Å²) in [6.07, 6.45) is 5.22. The minimum atomic E-state index is 0.634. The smallest absolute Gasteiger partial charge is 0.00170 e. The van der Waals surface area contributed by atoms with E-state index in [1.165, 1.54) is 25.7 Å². The molecule has 0 unspecified atom stereocenters. The van der Waals surface area contributed by atoms with Crippen LogP contribution in [0.3, 0.4) is 0 Å². The second-order valence-electron chi connectivity index (χ2n) is 4.60. The van der Waals surface area contributed by atoms with Crippen molar-refractivity contribution in [3.8, 4) is 0 Å². The predicted octanol–water partition coefficient (Wildman–Crippen LogP) is 4.16. The van der Waals surface area contributed by atoms with Crippen molar-refractivity contribution in [2.24, 2.45) is 11.8 Å².